The first-order valence-electron chi connectivity index (χ1n) is 8.25. The number of nitrogens with zero attached hydrogens (tertiary/aromatic N) is 2. The van der Waals surface area contributed by atoms with Gasteiger partial charge in [-0.1, -0.05) is 32.0 Å². The van der Waals surface area contributed by atoms with Crippen LogP contribution in [0, 0.1) is 5.92 Å². The van der Waals surface area contributed by atoms with Crippen LogP contribution in [-0.4, -0.2) is 24.0 Å². The quantitative estimate of drug-likeness (QED) is 0.915. The Kier molecular flexibility index (Phi) is 4.60. The Labute approximate surface area is 137 Å². The minimum Gasteiger partial charge on any atom is -0.385 e. The van der Waals surface area contributed by atoms with Crippen LogP contribution in [0.3, 0.4) is 0 Å². The molecule has 2 aromatic rings. The Morgan fingerprint density at radius 1 is 1.30 bits per heavy atom. The number of fused-ring (bicyclic) bond motifs is 1. The molecule has 0 unspecified atom stereocenters. The first kappa shape index (κ1) is 15.5. The van der Waals surface area contributed by atoms with Gasteiger partial charge in [0.25, 0.3) is 5.91 Å². The van der Waals surface area contributed by atoms with E-state index in [9.17, 15) is 4.79 Å². The molecule has 0 fully saturated rings. The third kappa shape index (κ3) is 3.52. The number of amides is 1. The predicted molar refractivity (Wildman–Crippen MR) is 94.0 cm³/mol. The standard InChI is InChI=1S/C19H23N3O/c1-14(2)7-10-20-16-8-11-21-17(13-16)19(23)22-12-9-15-5-3-4-6-18(15)22/h3-6,8,11,13-14H,7,9-10,12H2,1-2H3,(H,20,21). The van der Waals surface area contributed by atoms with Crippen molar-refractivity contribution in [2.75, 3.05) is 23.3 Å². The molecule has 0 spiro atoms. The molecule has 0 saturated heterocycles. The molecular formula is C19H23N3O. The van der Waals surface area contributed by atoms with E-state index < -0.39 is 0 Å². The van der Waals surface area contributed by atoms with Crippen LogP contribution in [0.2, 0.25) is 0 Å². The largest absolute Gasteiger partial charge is 0.385 e. The van der Waals surface area contributed by atoms with Gasteiger partial charge in [0.2, 0.25) is 0 Å². The third-order valence-electron chi connectivity index (χ3n) is 4.16. The highest BCUT2D eigenvalue weighted by Gasteiger charge is 2.25. The molecule has 0 radical (unpaired) electrons. The Bertz CT molecular complexity index is 697. The maximum absolute atomic E-state index is 12.8. The molecule has 4 heteroatoms. The lowest BCUT2D eigenvalue weighted by Crippen LogP contribution is -2.29. The number of nitrogens with one attached hydrogen (secondary N) is 1. The molecule has 1 aliphatic rings. The smallest absolute Gasteiger partial charge is 0.276 e. The Morgan fingerprint density at radius 3 is 2.96 bits per heavy atom. The number of hydrogen-bond donors (Lipinski definition) is 1. The van der Waals surface area contributed by atoms with Crippen LogP contribution in [0.4, 0.5) is 11.4 Å². The number of carbonyl (C=O) groups is 1. The van der Waals surface area contributed by atoms with Crippen LogP contribution in [-0.2, 0) is 6.42 Å². The molecule has 2 heterocycles. The molecule has 1 N–H and O–H groups in total. The van der Waals surface area contributed by atoms with Crippen molar-refractivity contribution in [2.24, 2.45) is 5.92 Å². The summed E-state index contributed by atoms with van der Waals surface area (Å²) >= 11 is 0. The molecule has 23 heavy (non-hydrogen) atoms. The Balaban J connectivity index is 1.73. The van der Waals surface area contributed by atoms with Gasteiger partial charge >= 0.3 is 0 Å². The summed E-state index contributed by atoms with van der Waals surface area (Å²) in [5.41, 5.74) is 3.69. The number of benzene rings is 1. The highest BCUT2D eigenvalue weighted by atomic mass is 16.2. The summed E-state index contributed by atoms with van der Waals surface area (Å²) in [5.74, 6) is 0.633. The molecule has 0 bridgehead atoms. The van der Waals surface area contributed by atoms with E-state index in [1.165, 1.54) is 5.56 Å². The number of aromatic nitrogens is 1. The first-order chi connectivity index (χ1) is 11.1. The van der Waals surface area contributed by atoms with E-state index >= 15 is 0 Å². The molecule has 1 aliphatic heterocycles. The number of para-hydroxylation sites is 1. The molecule has 1 aromatic carbocycles. The van der Waals surface area contributed by atoms with Crippen molar-refractivity contribution >= 4 is 17.3 Å². The van der Waals surface area contributed by atoms with Gasteiger partial charge < -0.3 is 10.2 Å². The number of hydrogen-bond acceptors (Lipinski definition) is 3. The van der Waals surface area contributed by atoms with Crippen molar-refractivity contribution < 1.29 is 4.79 Å². The zero-order valence-electron chi connectivity index (χ0n) is 13.7. The van der Waals surface area contributed by atoms with E-state index in [-0.39, 0.29) is 5.91 Å². The fraction of sp³-hybridized carbons (Fsp3) is 0.368. The third-order valence-corrected chi connectivity index (χ3v) is 4.16. The van der Waals surface area contributed by atoms with Gasteiger partial charge in [0, 0.05) is 30.7 Å². The van der Waals surface area contributed by atoms with Crippen molar-refractivity contribution in [3.63, 3.8) is 0 Å². The van der Waals surface area contributed by atoms with Crippen molar-refractivity contribution in [3.05, 3.63) is 53.9 Å². The first-order valence-corrected chi connectivity index (χ1v) is 8.25. The van der Waals surface area contributed by atoms with E-state index in [0.29, 0.717) is 11.6 Å². The van der Waals surface area contributed by atoms with E-state index in [4.69, 9.17) is 0 Å². The zero-order chi connectivity index (χ0) is 16.2. The van der Waals surface area contributed by atoms with Crippen LogP contribution in [0.1, 0.15) is 36.3 Å². The van der Waals surface area contributed by atoms with E-state index in [0.717, 1.165) is 37.3 Å². The second-order valence-corrected chi connectivity index (χ2v) is 6.37. The fourth-order valence-electron chi connectivity index (χ4n) is 2.85. The monoisotopic (exact) mass is 309 g/mol. The Hall–Kier alpha value is -2.36. The van der Waals surface area contributed by atoms with Gasteiger partial charge in [0.15, 0.2) is 0 Å². The normalized spacial score (nSPS) is 13.3. The molecule has 0 aliphatic carbocycles. The summed E-state index contributed by atoms with van der Waals surface area (Å²) in [7, 11) is 0. The van der Waals surface area contributed by atoms with E-state index in [1.807, 2.05) is 35.2 Å². The lowest BCUT2D eigenvalue weighted by atomic mass is 10.1. The summed E-state index contributed by atoms with van der Waals surface area (Å²) in [4.78, 5) is 18.9. The number of anilines is 2. The second kappa shape index (κ2) is 6.82. The number of rotatable bonds is 5. The lowest BCUT2D eigenvalue weighted by molar-refractivity contribution is 0.0984. The summed E-state index contributed by atoms with van der Waals surface area (Å²) in [5, 5.41) is 3.37. The van der Waals surface area contributed by atoms with E-state index in [2.05, 4.69) is 30.2 Å². The highest BCUT2D eigenvalue weighted by molar-refractivity contribution is 6.06. The summed E-state index contributed by atoms with van der Waals surface area (Å²) < 4.78 is 0. The molecule has 0 atom stereocenters. The van der Waals surface area contributed by atoms with Crippen molar-refractivity contribution in [3.8, 4) is 0 Å². The average molecular weight is 309 g/mol. The predicted octanol–water partition coefficient (Wildman–Crippen LogP) is 3.74. The van der Waals surface area contributed by atoms with Crippen LogP contribution in [0.25, 0.3) is 0 Å². The molecule has 120 valence electrons. The molecule has 4 nitrogen and oxygen atoms in total. The fourth-order valence-corrected chi connectivity index (χ4v) is 2.85. The van der Waals surface area contributed by atoms with Gasteiger partial charge in [0.05, 0.1) is 0 Å². The van der Waals surface area contributed by atoms with Gasteiger partial charge in [0.1, 0.15) is 5.69 Å². The van der Waals surface area contributed by atoms with E-state index in [1.54, 1.807) is 6.20 Å². The minimum absolute atomic E-state index is 0.0255. The maximum Gasteiger partial charge on any atom is 0.276 e. The topological polar surface area (TPSA) is 45.2 Å². The lowest BCUT2D eigenvalue weighted by Gasteiger charge is -2.17. The SMILES string of the molecule is CC(C)CCNc1ccnc(C(=O)N2CCc3ccccc32)c1. The average Bonchev–Trinajstić information content (AvgIpc) is 2.98. The van der Waals surface area contributed by atoms with Crippen molar-refractivity contribution in [1.82, 2.24) is 4.98 Å². The molecule has 3 rings (SSSR count). The van der Waals surface area contributed by atoms with Gasteiger partial charge in [-0.05, 0) is 42.5 Å². The van der Waals surface area contributed by atoms with Gasteiger partial charge in [-0.15, -0.1) is 0 Å². The van der Waals surface area contributed by atoms with Gasteiger partial charge in [-0.3, -0.25) is 9.78 Å². The molecular weight excluding hydrogens is 286 g/mol. The van der Waals surface area contributed by atoms with Crippen LogP contribution in [0.5, 0.6) is 0 Å². The van der Waals surface area contributed by atoms with Crippen LogP contribution >= 0.6 is 0 Å². The molecule has 1 amide bonds. The highest BCUT2D eigenvalue weighted by Crippen LogP contribution is 2.28. The molecule has 1 aromatic heterocycles. The van der Waals surface area contributed by atoms with Gasteiger partial charge in [-0.25, -0.2) is 0 Å². The summed E-state index contributed by atoms with van der Waals surface area (Å²) in [6, 6.07) is 11.8. The minimum atomic E-state index is -0.0255. The Morgan fingerprint density at radius 2 is 2.13 bits per heavy atom. The van der Waals surface area contributed by atoms with Crippen LogP contribution in [0.15, 0.2) is 42.6 Å². The van der Waals surface area contributed by atoms with Gasteiger partial charge in [-0.2, -0.15) is 0 Å². The summed E-state index contributed by atoms with van der Waals surface area (Å²) in [6.07, 6.45) is 3.71. The summed E-state index contributed by atoms with van der Waals surface area (Å²) in [6.45, 7) is 6.04. The second-order valence-electron chi connectivity index (χ2n) is 6.37. The number of pyridine rings is 1. The van der Waals surface area contributed by atoms with Crippen molar-refractivity contribution in [2.45, 2.75) is 26.7 Å². The number of carbonyl (C=O) groups excluding carboxylic acids is 1. The molecule has 0 saturated carbocycles. The van der Waals surface area contributed by atoms with Crippen molar-refractivity contribution in [1.29, 1.82) is 0 Å². The van der Waals surface area contributed by atoms with Crippen LogP contribution < -0.4 is 10.2 Å². The zero-order valence-corrected chi connectivity index (χ0v) is 13.7. The maximum atomic E-state index is 12.8.